The zero-order valence-electron chi connectivity index (χ0n) is 19.0. The van der Waals surface area contributed by atoms with E-state index in [-0.39, 0.29) is 28.4 Å². The van der Waals surface area contributed by atoms with Gasteiger partial charge in [-0.3, -0.25) is 5.43 Å². The summed E-state index contributed by atoms with van der Waals surface area (Å²) >= 11 is 0. The lowest BCUT2D eigenvalue weighted by Gasteiger charge is -2.31. The third kappa shape index (κ3) is 7.41. The summed E-state index contributed by atoms with van der Waals surface area (Å²) in [6, 6.07) is 6.24. The summed E-state index contributed by atoms with van der Waals surface area (Å²) < 4.78 is 57.2. The maximum atomic E-state index is 13.6. The minimum atomic E-state index is -3.74. The van der Waals surface area contributed by atoms with Crippen LogP contribution >= 0.6 is 0 Å². The summed E-state index contributed by atoms with van der Waals surface area (Å²) in [5.41, 5.74) is 2.31. The largest absolute Gasteiger partial charge is 0.442 e. The molecule has 0 fully saturated rings. The van der Waals surface area contributed by atoms with Crippen LogP contribution in [0.3, 0.4) is 0 Å². The van der Waals surface area contributed by atoms with Crippen molar-refractivity contribution >= 4 is 33.6 Å². The van der Waals surface area contributed by atoms with Gasteiger partial charge in [0.25, 0.3) is 0 Å². The number of rotatable bonds is 8. The van der Waals surface area contributed by atoms with Gasteiger partial charge in [-0.2, -0.15) is 0 Å². The van der Waals surface area contributed by atoms with Crippen molar-refractivity contribution in [2.24, 2.45) is 0 Å². The Morgan fingerprint density at radius 2 is 1.79 bits per heavy atom. The number of halogens is 2. The van der Waals surface area contributed by atoms with E-state index in [0.717, 1.165) is 29.5 Å². The van der Waals surface area contributed by atoms with Gasteiger partial charge < -0.3 is 14.8 Å². The van der Waals surface area contributed by atoms with Crippen LogP contribution in [0.2, 0.25) is 0 Å². The summed E-state index contributed by atoms with van der Waals surface area (Å²) in [6.45, 7) is 6.30. The quantitative estimate of drug-likeness (QED) is 0.430. The highest BCUT2D eigenvalue weighted by Crippen LogP contribution is 2.31. The third-order valence-corrected chi connectivity index (χ3v) is 5.39. The molecule has 2 aromatic rings. The molecule has 2 N–H and O–H groups in total. The van der Waals surface area contributed by atoms with Crippen LogP contribution < -0.4 is 10.7 Å². The van der Waals surface area contributed by atoms with Crippen molar-refractivity contribution in [3.63, 3.8) is 0 Å². The smallest absolute Gasteiger partial charge is 0.429 e. The SMILES string of the molecule is C[C@@H](C=O)N(Nc1cccc(S(C)(=O)=O)c1NCc1cc(F)cc(F)c1)C(=O)OC(C)(C)C. The molecule has 33 heavy (non-hydrogen) atoms. The first kappa shape index (κ1) is 26.0. The Labute approximate surface area is 191 Å². The van der Waals surface area contributed by atoms with Crippen molar-refractivity contribution in [2.45, 2.75) is 50.8 Å². The number of amides is 1. The Morgan fingerprint density at radius 1 is 1.18 bits per heavy atom. The van der Waals surface area contributed by atoms with Crippen LogP contribution in [0, 0.1) is 11.6 Å². The zero-order chi connectivity index (χ0) is 25.0. The number of hydrazine groups is 1. The minimum Gasteiger partial charge on any atom is -0.442 e. The van der Waals surface area contributed by atoms with Crippen LogP contribution in [0.25, 0.3) is 0 Å². The normalized spacial score (nSPS) is 12.6. The number of para-hydroxylation sites is 1. The van der Waals surface area contributed by atoms with E-state index in [2.05, 4.69) is 10.7 Å². The highest BCUT2D eigenvalue weighted by molar-refractivity contribution is 7.90. The van der Waals surface area contributed by atoms with Crippen molar-refractivity contribution < 1.29 is 31.5 Å². The number of hydrogen-bond acceptors (Lipinski definition) is 7. The molecule has 0 aliphatic heterocycles. The highest BCUT2D eigenvalue weighted by atomic mass is 32.2. The van der Waals surface area contributed by atoms with E-state index in [4.69, 9.17) is 4.74 Å². The first-order valence-electron chi connectivity index (χ1n) is 9.97. The topological polar surface area (TPSA) is 105 Å². The molecule has 11 heteroatoms. The van der Waals surface area contributed by atoms with Crippen LogP contribution in [-0.2, 0) is 25.9 Å². The van der Waals surface area contributed by atoms with Gasteiger partial charge in [0.15, 0.2) is 9.84 Å². The van der Waals surface area contributed by atoms with Crippen molar-refractivity contribution in [3.05, 3.63) is 53.6 Å². The van der Waals surface area contributed by atoms with Gasteiger partial charge in [-0.05, 0) is 57.5 Å². The van der Waals surface area contributed by atoms with Crippen LogP contribution in [0.1, 0.15) is 33.3 Å². The van der Waals surface area contributed by atoms with Gasteiger partial charge in [-0.25, -0.2) is 27.0 Å². The zero-order valence-corrected chi connectivity index (χ0v) is 19.8. The molecule has 1 amide bonds. The van der Waals surface area contributed by atoms with E-state index in [1.165, 1.54) is 25.1 Å². The Morgan fingerprint density at radius 3 is 2.30 bits per heavy atom. The molecule has 0 unspecified atom stereocenters. The maximum absolute atomic E-state index is 13.6. The molecule has 8 nitrogen and oxygen atoms in total. The lowest BCUT2D eigenvalue weighted by Crippen LogP contribution is -2.46. The molecule has 0 spiro atoms. The summed E-state index contributed by atoms with van der Waals surface area (Å²) in [4.78, 5) is 24.0. The van der Waals surface area contributed by atoms with Gasteiger partial charge in [0.05, 0.1) is 16.3 Å². The fourth-order valence-corrected chi connectivity index (χ4v) is 3.71. The number of carbonyl (C=O) groups is 2. The Bertz CT molecular complexity index is 1110. The molecule has 0 aliphatic carbocycles. The van der Waals surface area contributed by atoms with Crippen molar-refractivity contribution in [2.75, 3.05) is 17.0 Å². The molecule has 0 heterocycles. The highest BCUT2D eigenvalue weighted by Gasteiger charge is 2.28. The first-order chi connectivity index (χ1) is 15.2. The number of carbonyl (C=O) groups excluding carboxylic acids is 2. The van der Waals surface area contributed by atoms with Crippen LogP contribution in [-0.4, -0.2) is 43.7 Å². The minimum absolute atomic E-state index is 0.0522. The summed E-state index contributed by atoms with van der Waals surface area (Å²) in [5.74, 6) is -1.56. The predicted octanol–water partition coefficient (Wildman–Crippen LogP) is 4.13. The molecule has 1 atom stereocenters. The molecule has 0 radical (unpaired) electrons. The Hall–Kier alpha value is -3.21. The molecular weight excluding hydrogens is 456 g/mol. The van der Waals surface area contributed by atoms with Crippen LogP contribution in [0.15, 0.2) is 41.3 Å². The molecule has 0 saturated heterocycles. The summed E-state index contributed by atoms with van der Waals surface area (Å²) in [7, 11) is -3.74. The first-order valence-corrected chi connectivity index (χ1v) is 11.9. The van der Waals surface area contributed by atoms with Gasteiger partial charge in [0, 0.05) is 18.9 Å². The molecular formula is C22H27F2N3O5S. The molecule has 2 rings (SSSR count). The molecule has 0 aromatic heterocycles. The molecule has 0 saturated carbocycles. The summed E-state index contributed by atoms with van der Waals surface area (Å²) in [6.07, 6.45) is 0.656. The van der Waals surface area contributed by atoms with E-state index >= 15 is 0 Å². The number of aldehydes is 1. The number of anilines is 2. The maximum Gasteiger partial charge on any atom is 0.429 e. The standard InChI is InChI=1S/C22H27F2N3O5S/c1-14(13-28)27(21(29)32-22(2,3)4)26-18-7-6-8-19(33(5,30)31)20(18)25-12-15-9-16(23)11-17(24)10-15/h6-11,13-14,25-26H,12H2,1-5H3/t14-/m0/s1. The second-order valence-electron chi connectivity index (χ2n) is 8.42. The van der Waals surface area contributed by atoms with E-state index in [1.807, 2.05) is 0 Å². The van der Waals surface area contributed by atoms with Gasteiger partial charge in [0.1, 0.15) is 29.6 Å². The Balaban J connectivity index is 2.48. The average molecular weight is 484 g/mol. The van der Waals surface area contributed by atoms with E-state index in [0.29, 0.717) is 6.29 Å². The summed E-state index contributed by atoms with van der Waals surface area (Å²) in [5, 5.41) is 3.79. The molecule has 0 aliphatic rings. The number of nitrogens with one attached hydrogen (secondary N) is 2. The second kappa shape index (κ2) is 10.2. The van der Waals surface area contributed by atoms with Gasteiger partial charge in [-0.1, -0.05) is 6.07 Å². The molecule has 2 aromatic carbocycles. The van der Waals surface area contributed by atoms with Gasteiger partial charge in [-0.15, -0.1) is 0 Å². The van der Waals surface area contributed by atoms with Crippen molar-refractivity contribution in [3.8, 4) is 0 Å². The number of hydrogen-bond donors (Lipinski definition) is 2. The number of sulfone groups is 1. The number of ether oxygens (including phenoxy) is 1. The second-order valence-corrected chi connectivity index (χ2v) is 10.4. The number of benzene rings is 2. The van der Waals surface area contributed by atoms with Crippen molar-refractivity contribution in [1.29, 1.82) is 0 Å². The lowest BCUT2D eigenvalue weighted by molar-refractivity contribution is -0.111. The van der Waals surface area contributed by atoms with Gasteiger partial charge in [0.2, 0.25) is 0 Å². The van der Waals surface area contributed by atoms with Crippen LogP contribution in [0.5, 0.6) is 0 Å². The van der Waals surface area contributed by atoms with Crippen molar-refractivity contribution in [1.82, 2.24) is 5.01 Å². The number of nitrogens with zero attached hydrogens (tertiary/aromatic N) is 1. The molecule has 0 bridgehead atoms. The average Bonchev–Trinajstić information content (AvgIpc) is 2.67. The van der Waals surface area contributed by atoms with E-state index < -0.39 is 39.2 Å². The van der Waals surface area contributed by atoms with E-state index in [9.17, 15) is 26.8 Å². The fourth-order valence-electron chi connectivity index (χ4n) is 2.83. The molecule has 180 valence electrons. The predicted molar refractivity (Wildman–Crippen MR) is 120 cm³/mol. The van der Waals surface area contributed by atoms with Gasteiger partial charge >= 0.3 is 6.09 Å². The Kier molecular flexibility index (Phi) is 8.02. The van der Waals surface area contributed by atoms with E-state index in [1.54, 1.807) is 20.8 Å². The van der Waals surface area contributed by atoms with Crippen LogP contribution in [0.4, 0.5) is 25.0 Å². The monoisotopic (exact) mass is 483 g/mol. The fraction of sp³-hybridized carbons (Fsp3) is 0.364. The third-order valence-electron chi connectivity index (χ3n) is 4.25. The lowest BCUT2D eigenvalue weighted by atomic mass is 10.2.